The van der Waals surface area contributed by atoms with Crippen LogP contribution in [0.25, 0.3) is 0 Å². The summed E-state index contributed by atoms with van der Waals surface area (Å²) in [5, 5.41) is 5.31. The molecule has 7 nitrogen and oxygen atoms in total. The van der Waals surface area contributed by atoms with Gasteiger partial charge in [0.25, 0.3) is 5.91 Å². The van der Waals surface area contributed by atoms with E-state index in [2.05, 4.69) is 10.6 Å². The Kier molecular flexibility index (Phi) is 9.78. The standard InChI is InChI=1S/C24H28F2N2O5/c1-15(2)33-23(30)14-21(16-6-9-18(32-3)10-7-16)28-22(29)5-4-12-27-24(31)19-11-8-17(25)13-20(19)26/h6-11,13,15,21H,4-5,12,14H2,1-3H3,(H,27,31)(H,28,29). The molecular weight excluding hydrogens is 434 g/mol. The van der Waals surface area contributed by atoms with Crippen LogP contribution in [0.4, 0.5) is 8.78 Å². The lowest BCUT2D eigenvalue weighted by atomic mass is 10.0. The Morgan fingerprint density at radius 3 is 2.33 bits per heavy atom. The molecule has 33 heavy (non-hydrogen) atoms. The molecule has 2 amide bonds. The molecule has 1 atom stereocenters. The van der Waals surface area contributed by atoms with Crippen LogP contribution in [0.3, 0.4) is 0 Å². The lowest BCUT2D eigenvalue weighted by Gasteiger charge is -2.20. The lowest BCUT2D eigenvalue weighted by molar-refractivity contribution is -0.148. The molecule has 2 aromatic rings. The van der Waals surface area contributed by atoms with Crippen LogP contribution in [0, 0.1) is 11.6 Å². The van der Waals surface area contributed by atoms with Crippen molar-refractivity contribution < 1.29 is 32.6 Å². The first-order valence-corrected chi connectivity index (χ1v) is 10.6. The molecule has 0 saturated carbocycles. The first-order chi connectivity index (χ1) is 15.7. The third-order valence-corrected chi connectivity index (χ3v) is 4.63. The summed E-state index contributed by atoms with van der Waals surface area (Å²) in [7, 11) is 1.54. The molecule has 0 aliphatic rings. The average molecular weight is 462 g/mol. The van der Waals surface area contributed by atoms with Crippen molar-refractivity contribution in [3.63, 3.8) is 0 Å². The minimum atomic E-state index is -0.958. The lowest BCUT2D eigenvalue weighted by Crippen LogP contribution is -2.32. The number of hydrogen-bond acceptors (Lipinski definition) is 5. The van der Waals surface area contributed by atoms with E-state index in [0.717, 1.165) is 12.1 Å². The number of hydrogen-bond donors (Lipinski definition) is 2. The molecule has 2 rings (SSSR count). The molecule has 0 spiro atoms. The van der Waals surface area contributed by atoms with E-state index in [1.54, 1.807) is 38.1 Å². The zero-order valence-corrected chi connectivity index (χ0v) is 18.8. The van der Waals surface area contributed by atoms with E-state index in [9.17, 15) is 23.2 Å². The van der Waals surface area contributed by atoms with Crippen LogP contribution in [0.2, 0.25) is 0 Å². The van der Waals surface area contributed by atoms with Gasteiger partial charge in [-0.2, -0.15) is 0 Å². The van der Waals surface area contributed by atoms with Crippen LogP contribution in [-0.4, -0.2) is 37.5 Å². The Balaban J connectivity index is 1.90. The number of rotatable bonds is 11. The van der Waals surface area contributed by atoms with Crippen molar-refractivity contribution in [3.05, 3.63) is 65.2 Å². The van der Waals surface area contributed by atoms with Crippen LogP contribution in [0.5, 0.6) is 5.75 Å². The molecule has 0 radical (unpaired) electrons. The monoisotopic (exact) mass is 462 g/mol. The van der Waals surface area contributed by atoms with E-state index in [1.807, 2.05) is 0 Å². The molecule has 0 aliphatic heterocycles. The third-order valence-electron chi connectivity index (χ3n) is 4.63. The van der Waals surface area contributed by atoms with E-state index in [4.69, 9.17) is 9.47 Å². The molecule has 0 fully saturated rings. The van der Waals surface area contributed by atoms with Crippen molar-refractivity contribution in [1.29, 1.82) is 0 Å². The van der Waals surface area contributed by atoms with E-state index in [1.165, 1.54) is 7.11 Å². The summed E-state index contributed by atoms with van der Waals surface area (Å²) in [6.07, 6.45) is 0.0281. The quantitative estimate of drug-likeness (QED) is 0.393. The predicted octanol–water partition coefficient (Wildman–Crippen LogP) is 3.68. The molecule has 0 heterocycles. The van der Waals surface area contributed by atoms with E-state index in [-0.39, 0.29) is 43.4 Å². The van der Waals surface area contributed by atoms with Crippen LogP contribution in [-0.2, 0) is 14.3 Å². The number of carbonyl (C=O) groups is 3. The second-order valence-corrected chi connectivity index (χ2v) is 7.62. The number of ether oxygens (including phenoxy) is 2. The first-order valence-electron chi connectivity index (χ1n) is 10.6. The van der Waals surface area contributed by atoms with E-state index < -0.39 is 29.6 Å². The highest BCUT2D eigenvalue weighted by Crippen LogP contribution is 2.21. The number of esters is 1. The number of nitrogens with one attached hydrogen (secondary N) is 2. The van der Waals surface area contributed by atoms with Gasteiger partial charge in [0.2, 0.25) is 5.91 Å². The van der Waals surface area contributed by atoms with Gasteiger partial charge >= 0.3 is 5.97 Å². The molecule has 0 aromatic heterocycles. The summed E-state index contributed by atoms with van der Waals surface area (Å²) in [5.74, 6) is -2.55. The maximum absolute atomic E-state index is 13.7. The molecule has 0 aliphatic carbocycles. The molecule has 2 N–H and O–H groups in total. The Hall–Kier alpha value is -3.49. The summed E-state index contributed by atoms with van der Waals surface area (Å²) in [6, 6.07) is 9.05. The van der Waals surface area contributed by atoms with Crippen molar-refractivity contribution in [3.8, 4) is 5.75 Å². The highest BCUT2D eigenvalue weighted by atomic mass is 19.1. The van der Waals surface area contributed by atoms with Gasteiger partial charge < -0.3 is 20.1 Å². The minimum absolute atomic E-state index is 0.0448. The smallest absolute Gasteiger partial charge is 0.308 e. The molecule has 9 heteroatoms. The molecule has 0 saturated heterocycles. The van der Waals surface area contributed by atoms with Gasteiger partial charge in [0.05, 0.1) is 31.2 Å². The predicted molar refractivity (Wildman–Crippen MR) is 118 cm³/mol. The topological polar surface area (TPSA) is 93.7 Å². The SMILES string of the molecule is COc1ccc(C(CC(=O)OC(C)C)NC(=O)CCCNC(=O)c2ccc(F)cc2F)cc1. The maximum atomic E-state index is 13.7. The largest absolute Gasteiger partial charge is 0.497 e. The number of carbonyl (C=O) groups excluding carboxylic acids is 3. The number of amides is 2. The molecule has 178 valence electrons. The Bertz CT molecular complexity index is 964. The van der Waals surface area contributed by atoms with Gasteiger partial charge in [-0.05, 0) is 50.1 Å². The van der Waals surface area contributed by atoms with Crippen LogP contribution < -0.4 is 15.4 Å². The van der Waals surface area contributed by atoms with Gasteiger partial charge in [0.1, 0.15) is 17.4 Å². The highest BCUT2D eigenvalue weighted by molar-refractivity contribution is 5.94. The van der Waals surface area contributed by atoms with Crippen molar-refractivity contribution in [1.82, 2.24) is 10.6 Å². The van der Waals surface area contributed by atoms with Gasteiger partial charge in [0, 0.05) is 19.0 Å². The summed E-state index contributed by atoms with van der Waals surface area (Å²) in [6.45, 7) is 3.60. The average Bonchev–Trinajstić information content (AvgIpc) is 2.75. The Morgan fingerprint density at radius 1 is 1.03 bits per heavy atom. The maximum Gasteiger partial charge on any atom is 0.308 e. The van der Waals surface area contributed by atoms with E-state index in [0.29, 0.717) is 17.4 Å². The number of benzene rings is 2. The fourth-order valence-corrected chi connectivity index (χ4v) is 3.05. The molecule has 2 aromatic carbocycles. The van der Waals surface area contributed by atoms with Crippen molar-refractivity contribution in [2.75, 3.05) is 13.7 Å². The molecule has 0 bridgehead atoms. The van der Waals surface area contributed by atoms with Crippen molar-refractivity contribution >= 4 is 17.8 Å². The molecule has 1 unspecified atom stereocenters. The fraction of sp³-hybridized carbons (Fsp3) is 0.375. The summed E-state index contributed by atoms with van der Waals surface area (Å²) in [5.41, 5.74) is 0.439. The Labute approximate surface area is 191 Å². The van der Waals surface area contributed by atoms with Gasteiger partial charge in [-0.15, -0.1) is 0 Å². The second kappa shape index (κ2) is 12.5. The summed E-state index contributed by atoms with van der Waals surface area (Å²) < 4.78 is 37.0. The van der Waals surface area contributed by atoms with Crippen LogP contribution in [0.1, 0.15) is 55.1 Å². The van der Waals surface area contributed by atoms with E-state index >= 15 is 0 Å². The summed E-state index contributed by atoms with van der Waals surface area (Å²) in [4.78, 5) is 36.6. The highest BCUT2D eigenvalue weighted by Gasteiger charge is 2.20. The van der Waals surface area contributed by atoms with Gasteiger partial charge in [-0.1, -0.05) is 12.1 Å². The number of methoxy groups -OCH3 is 1. The van der Waals surface area contributed by atoms with Gasteiger partial charge in [-0.25, -0.2) is 8.78 Å². The van der Waals surface area contributed by atoms with Crippen LogP contribution in [0.15, 0.2) is 42.5 Å². The zero-order chi connectivity index (χ0) is 24.4. The Morgan fingerprint density at radius 2 is 1.73 bits per heavy atom. The minimum Gasteiger partial charge on any atom is -0.497 e. The third kappa shape index (κ3) is 8.51. The van der Waals surface area contributed by atoms with Crippen LogP contribution >= 0.6 is 0 Å². The van der Waals surface area contributed by atoms with Gasteiger partial charge in [0.15, 0.2) is 0 Å². The fourth-order valence-electron chi connectivity index (χ4n) is 3.05. The summed E-state index contributed by atoms with van der Waals surface area (Å²) >= 11 is 0. The molecular formula is C24H28F2N2O5. The zero-order valence-electron chi connectivity index (χ0n) is 18.8. The van der Waals surface area contributed by atoms with Crippen molar-refractivity contribution in [2.24, 2.45) is 0 Å². The second-order valence-electron chi connectivity index (χ2n) is 7.62. The normalized spacial score (nSPS) is 11.6. The van der Waals surface area contributed by atoms with Gasteiger partial charge in [-0.3, -0.25) is 14.4 Å². The first kappa shape index (κ1) is 25.8. The van der Waals surface area contributed by atoms with Crippen molar-refractivity contribution in [2.45, 2.75) is 45.3 Å². The number of halogens is 2.